The Morgan fingerprint density at radius 3 is 2.79 bits per heavy atom. The molecule has 0 aliphatic carbocycles. The van der Waals surface area contributed by atoms with Crippen LogP contribution in [0.4, 0.5) is 11.4 Å². The number of aliphatic hydroxyl groups is 1. The van der Waals surface area contributed by atoms with Crippen molar-refractivity contribution >= 4 is 11.4 Å². The van der Waals surface area contributed by atoms with E-state index < -0.39 is 0 Å². The first-order valence-electron chi connectivity index (χ1n) is 4.48. The van der Waals surface area contributed by atoms with Gasteiger partial charge in [-0.3, -0.25) is 0 Å². The van der Waals surface area contributed by atoms with E-state index in [4.69, 9.17) is 15.6 Å². The maximum Gasteiger partial charge on any atom is 0.164 e. The molecule has 0 aliphatic heterocycles. The van der Waals surface area contributed by atoms with Gasteiger partial charge in [-0.2, -0.15) is 0 Å². The minimum Gasteiger partial charge on any atom is -0.492 e. The van der Waals surface area contributed by atoms with Gasteiger partial charge in [0.2, 0.25) is 0 Å². The fourth-order valence-corrected chi connectivity index (χ4v) is 1.35. The smallest absolute Gasteiger partial charge is 0.164 e. The number of aryl methyl sites for hydroxylation is 1. The molecule has 0 amide bonds. The highest BCUT2D eigenvalue weighted by Gasteiger charge is 2.06. The Labute approximate surface area is 83.7 Å². The molecule has 0 aliphatic rings. The molecule has 1 aromatic carbocycles. The number of ether oxygens (including phenoxy) is 1. The van der Waals surface area contributed by atoms with Crippen LogP contribution in [0.5, 0.6) is 5.75 Å². The number of methoxy groups -OCH3 is 1. The fraction of sp³-hybridized carbons (Fsp3) is 0.400. The molecule has 1 rings (SSSR count). The van der Waals surface area contributed by atoms with Gasteiger partial charge in [0.1, 0.15) is 0 Å². The molecule has 0 aromatic heterocycles. The molecule has 0 heterocycles. The number of nitrogen functional groups attached to an aromatic ring is 1. The van der Waals surface area contributed by atoms with Crippen LogP contribution in [0.2, 0.25) is 0 Å². The van der Waals surface area contributed by atoms with Crippen molar-refractivity contribution in [3.8, 4) is 5.75 Å². The topological polar surface area (TPSA) is 67.5 Å². The van der Waals surface area contributed by atoms with E-state index >= 15 is 0 Å². The Morgan fingerprint density at radius 1 is 1.50 bits per heavy atom. The van der Waals surface area contributed by atoms with Gasteiger partial charge in [0.25, 0.3) is 0 Å². The predicted molar refractivity (Wildman–Crippen MR) is 57.7 cm³/mol. The molecular formula is C10H16N2O2. The predicted octanol–water partition coefficient (Wildman–Crippen LogP) is 0.990. The summed E-state index contributed by atoms with van der Waals surface area (Å²) in [4.78, 5) is 0. The average Bonchev–Trinajstić information content (AvgIpc) is 2.14. The zero-order valence-corrected chi connectivity index (χ0v) is 8.50. The molecule has 0 radical (unpaired) electrons. The van der Waals surface area contributed by atoms with Crippen molar-refractivity contribution in [2.45, 2.75) is 6.92 Å². The Balaban J connectivity index is 2.99. The van der Waals surface area contributed by atoms with E-state index in [9.17, 15) is 0 Å². The molecule has 0 atom stereocenters. The van der Waals surface area contributed by atoms with Crippen molar-refractivity contribution in [1.82, 2.24) is 0 Å². The molecule has 4 heteroatoms. The van der Waals surface area contributed by atoms with Crippen molar-refractivity contribution in [3.05, 3.63) is 17.7 Å². The minimum atomic E-state index is 0.0804. The summed E-state index contributed by atoms with van der Waals surface area (Å²) in [7, 11) is 1.57. The summed E-state index contributed by atoms with van der Waals surface area (Å²) in [5, 5.41) is 11.7. The molecule has 0 spiro atoms. The highest BCUT2D eigenvalue weighted by atomic mass is 16.5. The van der Waals surface area contributed by atoms with Crippen molar-refractivity contribution in [1.29, 1.82) is 0 Å². The Bertz CT molecular complexity index is 313. The van der Waals surface area contributed by atoms with Gasteiger partial charge in [0, 0.05) is 6.54 Å². The first-order valence-corrected chi connectivity index (χ1v) is 4.48. The van der Waals surface area contributed by atoms with Crippen LogP contribution in [0.25, 0.3) is 0 Å². The molecular weight excluding hydrogens is 180 g/mol. The summed E-state index contributed by atoms with van der Waals surface area (Å²) < 4.78 is 5.16. The average molecular weight is 196 g/mol. The summed E-state index contributed by atoms with van der Waals surface area (Å²) in [6, 6.07) is 3.79. The number of benzene rings is 1. The monoisotopic (exact) mass is 196 g/mol. The largest absolute Gasteiger partial charge is 0.492 e. The first-order chi connectivity index (χ1) is 6.69. The molecule has 1 aromatic rings. The third kappa shape index (κ3) is 2.29. The Kier molecular flexibility index (Phi) is 3.59. The van der Waals surface area contributed by atoms with Crippen LogP contribution in [0.3, 0.4) is 0 Å². The number of anilines is 2. The van der Waals surface area contributed by atoms with Gasteiger partial charge in [-0.15, -0.1) is 0 Å². The highest BCUT2D eigenvalue weighted by Crippen LogP contribution is 2.32. The van der Waals surface area contributed by atoms with Crippen molar-refractivity contribution < 1.29 is 9.84 Å². The zero-order valence-electron chi connectivity index (χ0n) is 8.50. The second kappa shape index (κ2) is 4.72. The number of hydrogen-bond donors (Lipinski definition) is 3. The first kappa shape index (κ1) is 10.7. The van der Waals surface area contributed by atoms with E-state index in [0.29, 0.717) is 18.0 Å². The molecule has 0 saturated carbocycles. The van der Waals surface area contributed by atoms with Crippen molar-refractivity contribution in [2.75, 3.05) is 31.3 Å². The molecule has 0 unspecified atom stereocenters. The number of hydrogen-bond acceptors (Lipinski definition) is 4. The summed E-state index contributed by atoms with van der Waals surface area (Å²) in [5.74, 6) is 0.629. The van der Waals surface area contributed by atoms with E-state index in [0.717, 1.165) is 11.3 Å². The standard InChI is InChI=1S/C10H16N2O2/c1-7-5-8(11)10(14-2)9(6-7)12-3-4-13/h5-6,12-13H,3-4,11H2,1-2H3. The van der Waals surface area contributed by atoms with Gasteiger partial charge < -0.3 is 20.9 Å². The normalized spacial score (nSPS) is 9.93. The molecule has 14 heavy (non-hydrogen) atoms. The Hall–Kier alpha value is -1.42. The van der Waals surface area contributed by atoms with E-state index in [-0.39, 0.29) is 6.61 Å². The lowest BCUT2D eigenvalue weighted by atomic mass is 10.1. The van der Waals surface area contributed by atoms with Crippen LogP contribution in [0.15, 0.2) is 12.1 Å². The molecule has 78 valence electrons. The van der Waals surface area contributed by atoms with Gasteiger partial charge in [-0.1, -0.05) is 0 Å². The molecule has 0 bridgehead atoms. The van der Waals surface area contributed by atoms with Gasteiger partial charge in [0.05, 0.1) is 25.1 Å². The Morgan fingerprint density at radius 2 is 2.21 bits per heavy atom. The lowest BCUT2D eigenvalue weighted by molar-refractivity contribution is 0.311. The lowest BCUT2D eigenvalue weighted by Gasteiger charge is -2.13. The van der Waals surface area contributed by atoms with Crippen LogP contribution in [-0.4, -0.2) is 25.4 Å². The maximum atomic E-state index is 8.70. The third-order valence-electron chi connectivity index (χ3n) is 1.89. The summed E-state index contributed by atoms with van der Waals surface area (Å²) >= 11 is 0. The van der Waals surface area contributed by atoms with Gasteiger partial charge >= 0.3 is 0 Å². The summed E-state index contributed by atoms with van der Waals surface area (Å²) in [6.45, 7) is 2.52. The van der Waals surface area contributed by atoms with Crippen LogP contribution in [-0.2, 0) is 0 Å². The van der Waals surface area contributed by atoms with Crippen LogP contribution in [0.1, 0.15) is 5.56 Å². The van der Waals surface area contributed by atoms with E-state index in [1.165, 1.54) is 0 Å². The zero-order chi connectivity index (χ0) is 10.6. The van der Waals surface area contributed by atoms with Crippen LogP contribution < -0.4 is 15.8 Å². The van der Waals surface area contributed by atoms with Crippen molar-refractivity contribution in [2.24, 2.45) is 0 Å². The molecule has 4 nitrogen and oxygen atoms in total. The third-order valence-corrected chi connectivity index (χ3v) is 1.89. The van der Waals surface area contributed by atoms with Crippen LogP contribution >= 0.6 is 0 Å². The van der Waals surface area contributed by atoms with Crippen LogP contribution in [0, 0.1) is 6.92 Å². The second-order valence-corrected chi connectivity index (χ2v) is 3.09. The number of rotatable bonds is 4. The SMILES string of the molecule is COc1c(N)cc(C)cc1NCCO. The highest BCUT2D eigenvalue weighted by molar-refractivity contribution is 5.70. The number of nitrogens with one attached hydrogen (secondary N) is 1. The lowest BCUT2D eigenvalue weighted by Crippen LogP contribution is -2.08. The fourth-order valence-electron chi connectivity index (χ4n) is 1.35. The molecule has 4 N–H and O–H groups in total. The summed E-state index contributed by atoms with van der Waals surface area (Å²) in [6.07, 6.45) is 0. The van der Waals surface area contributed by atoms with E-state index in [2.05, 4.69) is 5.32 Å². The molecule has 0 fully saturated rings. The van der Waals surface area contributed by atoms with E-state index in [1.807, 2.05) is 19.1 Å². The quantitative estimate of drug-likeness (QED) is 0.628. The number of aliphatic hydroxyl groups excluding tert-OH is 1. The molecule has 0 saturated heterocycles. The maximum absolute atomic E-state index is 8.70. The van der Waals surface area contributed by atoms with E-state index in [1.54, 1.807) is 7.11 Å². The summed E-state index contributed by atoms with van der Waals surface area (Å²) in [5.41, 5.74) is 8.26. The van der Waals surface area contributed by atoms with Gasteiger partial charge in [-0.25, -0.2) is 0 Å². The van der Waals surface area contributed by atoms with Gasteiger partial charge in [0.15, 0.2) is 5.75 Å². The minimum absolute atomic E-state index is 0.0804. The second-order valence-electron chi connectivity index (χ2n) is 3.09. The number of nitrogens with two attached hydrogens (primary N) is 1. The van der Waals surface area contributed by atoms with Gasteiger partial charge in [-0.05, 0) is 24.6 Å². The van der Waals surface area contributed by atoms with Crippen molar-refractivity contribution in [3.63, 3.8) is 0 Å².